The molecule has 118 valence electrons. The maximum atomic E-state index is 12.4. The second kappa shape index (κ2) is 6.60. The fourth-order valence-electron chi connectivity index (χ4n) is 2.73. The first kappa shape index (κ1) is 16.7. The average Bonchev–Trinajstić information content (AvgIpc) is 2.47. The highest BCUT2D eigenvalue weighted by Gasteiger charge is 2.36. The lowest BCUT2D eigenvalue weighted by molar-refractivity contribution is -0.0905. The molecule has 7 heteroatoms. The largest absolute Gasteiger partial charge is 0.375 e. The molecule has 0 radical (unpaired) electrons. The van der Waals surface area contributed by atoms with Crippen molar-refractivity contribution < 1.29 is 13.2 Å². The maximum Gasteiger partial charge on any atom is 0.243 e. The summed E-state index contributed by atoms with van der Waals surface area (Å²) in [4.78, 5) is 3.85. The molecule has 0 aliphatic carbocycles. The van der Waals surface area contributed by atoms with E-state index in [-0.39, 0.29) is 21.7 Å². The van der Waals surface area contributed by atoms with E-state index in [9.17, 15) is 8.42 Å². The predicted molar refractivity (Wildman–Crippen MR) is 81.9 cm³/mol. The highest BCUT2D eigenvalue weighted by molar-refractivity contribution is 7.89. The van der Waals surface area contributed by atoms with E-state index in [1.54, 1.807) is 6.07 Å². The fourth-order valence-corrected chi connectivity index (χ4v) is 4.45. The van der Waals surface area contributed by atoms with Crippen molar-refractivity contribution in [2.45, 2.75) is 56.1 Å². The van der Waals surface area contributed by atoms with Crippen LogP contribution in [0.4, 0.5) is 0 Å². The molecule has 0 amide bonds. The number of pyridine rings is 1. The van der Waals surface area contributed by atoms with Gasteiger partial charge in [-0.3, -0.25) is 0 Å². The SMILES string of the molecule is CCC1(CC)CC(NS(=O)(=O)c2cccnc2Cl)CCO1. The molecule has 5 nitrogen and oxygen atoms in total. The molecule has 1 N–H and O–H groups in total. The topological polar surface area (TPSA) is 68.3 Å². The summed E-state index contributed by atoms with van der Waals surface area (Å²) in [5, 5.41) is -0.00527. The number of hydrogen-bond donors (Lipinski definition) is 1. The number of hydrogen-bond acceptors (Lipinski definition) is 4. The molecule has 2 rings (SSSR count). The zero-order valence-electron chi connectivity index (χ0n) is 12.3. The minimum atomic E-state index is -3.66. The summed E-state index contributed by atoms with van der Waals surface area (Å²) >= 11 is 5.88. The Morgan fingerprint density at radius 1 is 1.48 bits per heavy atom. The molecular weight excluding hydrogens is 312 g/mol. The number of rotatable bonds is 5. The highest BCUT2D eigenvalue weighted by atomic mass is 35.5. The van der Waals surface area contributed by atoms with Gasteiger partial charge in [0.1, 0.15) is 10.0 Å². The third-order valence-corrected chi connectivity index (χ3v) is 6.08. The molecule has 1 aliphatic heterocycles. The molecule has 0 bridgehead atoms. The van der Waals surface area contributed by atoms with Gasteiger partial charge in [-0.1, -0.05) is 25.4 Å². The van der Waals surface area contributed by atoms with Crippen molar-refractivity contribution in [2.24, 2.45) is 0 Å². The minimum absolute atomic E-state index is 0.00527. The molecule has 1 aromatic heterocycles. The van der Waals surface area contributed by atoms with Crippen molar-refractivity contribution in [1.82, 2.24) is 9.71 Å². The smallest absolute Gasteiger partial charge is 0.243 e. The first-order valence-electron chi connectivity index (χ1n) is 7.19. The van der Waals surface area contributed by atoms with Gasteiger partial charge in [-0.15, -0.1) is 0 Å². The lowest BCUT2D eigenvalue weighted by atomic mass is 9.86. The molecular formula is C14H21ClN2O3S. The fraction of sp³-hybridized carbons (Fsp3) is 0.643. The highest BCUT2D eigenvalue weighted by Crippen LogP contribution is 2.32. The monoisotopic (exact) mass is 332 g/mol. The van der Waals surface area contributed by atoms with Gasteiger partial charge in [-0.2, -0.15) is 0 Å². The Morgan fingerprint density at radius 3 is 2.81 bits per heavy atom. The second-order valence-corrected chi connectivity index (χ2v) is 7.38. The van der Waals surface area contributed by atoms with Crippen molar-refractivity contribution >= 4 is 21.6 Å². The van der Waals surface area contributed by atoms with Gasteiger partial charge in [0.15, 0.2) is 0 Å². The molecule has 1 aromatic rings. The van der Waals surface area contributed by atoms with Crippen LogP contribution in [0.2, 0.25) is 5.15 Å². The van der Waals surface area contributed by atoms with Crippen molar-refractivity contribution in [1.29, 1.82) is 0 Å². The van der Waals surface area contributed by atoms with Crippen LogP contribution in [0.5, 0.6) is 0 Å². The van der Waals surface area contributed by atoms with E-state index in [1.165, 1.54) is 12.3 Å². The number of halogens is 1. The first-order valence-corrected chi connectivity index (χ1v) is 9.05. The van der Waals surface area contributed by atoms with Crippen LogP contribution in [0.15, 0.2) is 23.2 Å². The average molecular weight is 333 g/mol. The lowest BCUT2D eigenvalue weighted by Gasteiger charge is -2.40. The van der Waals surface area contributed by atoms with Crippen LogP contribution in [0.1, 0.15) is 39.5 Å². The molecule has 0 aromatic carbocycles. The molecule has 2 heterocycles. The number of nitrogens with zero attached hydrogens (tertiary/aromatic N) is 1. The van der Waals surface area contributed by atoms with E-state index >= 15 is 0 Å². The minimum Gasteiger partial charge on any atom is -0.375 e. The molecule has 1 unspecified atom stereocenters. The summed E-state index contributed by atoms with van der Waals surface area (Å²) in [7, 11) is -3.66. The summed E-state index contributed by atoms with van der Waals surface area (Å²) in [6.45, 7) is 4.70. The molecule has 1 aliphatic rings. The summed E-state index contributed by atoms with van der Waals surface area (Å²) < 4.78 is 33.5. The Kier molecular flexibility index (Phi) is 5.24. The van der Waals surface area contributed by atoms with Crippen molar-refractivity contribution in [3.63, 3.8) is 0 Å². The first-order chi connectivity index (χ1) is 9.92. The summed E-state index contributed by atoms with van der Waals surface area (Å²) in [5.74, 6) is 0. The third kappa shape index (κ3) is 3.74. The summed E-state index contributed by atoms with van der Waals surface area (Å²) in [6, 6.07) is 2.89. The van der Waals surface area contributed by atoms with Gasteiger partial charge in [0.2, 0.25) is 10.0 Å². The number of aromatic nitrogens is 1. The Morgan fingerprint density at radius 2 is 2.19 bits per heavy atom. The van der Waals surface area contributed by atoms with Crippen LogP contribution < -0.4 is 4.72 Å². The van der Waals surface area contributed by atoms with Crippen LogP contribution in [-0.4, -0.2) is 31.7 Å². The predicted octanol–water partition coefficient (Wildman–Crippen LogP) is 2.75. The number of ether oxygens (including phenoxy) is 1. The van der Waals surface area contributed by atoms with E-state index in [1.807, 2.05) is 0 Å². The van der Waals surface area contributed by atoms with Gasteiger partial charge in [0, 0.05) is 18.8 Å². The van der Waals surface area contributed by atoms with Crippen LogP contribution in [0, 0.1) is 0 Å². The van der Waals surface area contributed by atoms with Crippen molar-refractivity contribution in [2.75, 3.05) is 6.61 Å². The van der Waals surface area contributed by atoms with E-state index in [0.717, 1.165) is 12.8 Å². The van der Waals surface area contributed by atoms with E-state index in [0.29, 0.717) is 19.4 Å². The molecule has 1 atom stereocenters. The number of sulfonamides is 1. The van der Waals surface area contributed by atoms with Crippen molar-refractivity contribution in [3.8, 4) is 0 Å². The standard InChI is InChI=1S/C14H21ClN2O3S/c1-3-14(4-2)10-11(7-9-20-14)17-21(18,19)12-6-5-8-16-13(12)15/h5-6,8,11,17H,3-4,7,9-10H2,1-2H3. The van der Waals surface area contributed by atoms with E-state index in [4.69, 9.17) is 16.3 Å². The van der Waals surface area contributed by atoms with Gasteiger partial charge in [-0.05, 0) is 37.8 Å². The zero-order valence-corrected chi connectivity index (χ0v) is 13.9. The third-order valence-electron chi connectivity index (χ3n) is 4.12. The molecule has 0 saturated carbocycles. The van der Waals surface area contributed by atoms with E-state index in [2.05, 4.69) is 23.6 Å². The van der Waals surface area contributed by atoms with Gasteiger partial charge >= 0.3 is 0 Å². The Bertz CT molecular complexity index is 588. The van der Waals surface area contributed by atoms with Crippen LogP contribution >= 0.6 is 11.6 Å². The summed E-state index contributed by atoms with van der Waals surface area (Å²) in [5.41, 5.74) is -0.232. The zero-order chi connectivity index (χ0) is 15.5. The van der Waals surface area contributed by atoms with E-state index < -0.39 is 10.0 Å². The van der Waals surface area contributed by atoms with Gasteiger partial charge in [-0.25, -0.2) is 18.1 Å². The van der Waals surface area contributed by atoms with Crippen LogP contribution in [0.25, 0.3) is 0 Å². The van der Waals surface area contributed by atoms with Crippen LogP contribution in [0.3, 0.4) is 0 Å². The summed E-state index contributed by atoms with van der Waals surface area (Å²) in [6.07, 6.45) is 4.55. The number of nitrogens with one attached hydrogen (secondary N) is 1. The molecule has 1 saturated heterocycles. The van der Waals surface area contributed by atoms with Crippen LogP contribution in [-0.2, 0) is 14.8 Å². The van der Waals surface area contributed by atoms with Gasteiger partial charge in [0.25, 0.3) is 0 Å². The quantitative estimate of drug-likeness (QED) is 0.842. The van der Waals surface area contributed by atoms with Gasteiger partial charge in [0.05, 0.1) is 5.60 Å². The Labute approximate surface area is 131 Å². The maximum absolute atomic E-state index is 12.4. The molecule has 1 fully saturated rings. The van der Waals surface area contributed by atoms with Crippen molar-refractivity contribution in [3.05, 3.63) is 23.5 Å². The second-order valence-electron chi connectivity index (χ2n) is 5.34. The Hall–Kier alpha value is -0.690. The van der Waals surface area contributed by atoms with Gasteiger partial charge < -0.3 is 4.74 Å². The Balaban J connectivity index is 2.16. The lowest BCUT2D eigenvalue weighted by Crippen LogP contribution is -2.48. The molecule has 0 spiro atoms. The normalized spacial score (nSPS) is 22.1. The molecule has 21 heavy (non-hydrogen) atoms.